The van der Waals surface area contributed by atoms with Crippen molar-refractivity contribution in [1.29, 1.82) is 0 Å². The van der Waals surface area contributed by atoms with Crippen molar-refractivity contribution < 1.29 is 4.79 Å². The fourth-order valence-electron chi connectivity index (χ4n) is 1.50. The van der Waals surface area contributed by atoms with Crippen molar-refractivity contribution in [2.45, 2.75) is 20.8 Å². The molecule has 0 saturated heterocycles. The summed E-state index contributed by atoms with van der Waals surface area (Å²) in [6.07, 6.45) is 1.71. The average molecular weight is 281 g/mol. The summed E-state index contributed by atoms with van der Waals surface area (Å²) in [5.74, 6) is 0.000556. The second-order valence-corrected chi connectivity index (χ2v) is 5.64. The minimum absolute atomic E-state index is 0.000556. The van der Waals surface area contributed by atoms with Gasteiger partial charge >= 0.3 is 0 Å². The van der Waals surface area contributed by atoms with Gasteiger partial charge in [-0.3, -0.25) is 4.79 Å². The van der Waals surface area contributed by atoms with E-state index < -0.39 is 5.41 Å². The zero-order valence-electron chi connectivity index (χ0n) is 9.49. The Kier molecular flexibility index (Phi) is 2.62. The van der Waals surface area contributed by atoms with Crippen LogP contribution in [-0.4, -0.2) is 15.7 Å². The summed E-state index contributed by atoms with van der Waals surface area (Å²) in [5, 5.41) is 5.12. The molecule has 0 N–H and O–H groups in total. The maximum absolute atomic E-state index is 12.1. The molecule has 1 aromatic carbocycles. The van der Waals surface area contributed by atoms with Gasteiger partial charge in [-0.15, -0.1) is 0 Å². The van der Waals surface area contributed by atoms with E-state index in [0.29, 0.717) is 0 Å². The summed E-state index contributed by atoms with van der Waals surface area (Å²) in [7, 11) is 0. The fourth-order valence-corrected chi connectivity index (χ4v) is 1.95. The molecule has 0 saturated carbocycles. The van der Waals surface area contributed by atoms with Gasteiger partial charge in [0.05, 0.1) is 11.7 Å². The molecule has 0 radical (unpaired) electrons. The molecule has 0 bridgehead atoms. The standard InChI is InChI=1S/C12H13BrN2O/c1-12(2,3)11(16)15-10-6-4-5-9(13)8(10)7-14-15/h4-7H,1-3H3. The van der Waals surface area contributed by atoms with Gasteiger partial charge in [0, 0.05) is 15.3 Å². The van der Waals surface area contributed by atoms with Gasteiger partial charge in [0.25, 0.3) is 5.91 Å². The van der Waals surface area contributed by atoms with Crippen LogP contribution in [0.4, 0.5) is 0 Å². The minimum Gasteiger partial charge on any atom is -0.272 e. The first-order chi connectivity index (χ1) is 7.41. The van der Waals surface area contributed by atoms with Gasteiger partial charge in [-0.05, 0) is 12.1 Å². The van der Waals surface area contributed by atoms with Crippen molar-refractivity contribution >= 4 is 32.7 Å². The number of hydrogen-bond acceptors (Lipinski definition) is 2. The Balaban J connectivity index is 2.64. The molecule has 0 aliphatic heterocycles. The number of aromatic nitrogens is 2. The summed E-state index contributed by atoms with van der Waals surface area (Å²) >= 11 is 3.45. The van der Waals surface area contributed by atoms with E-state index in [9.17, 15) is 4.79 Å². The summed E-state index contributed by atoms with van der Waals surface area (Å²) in [5.41, 5.74) is 0.413. The lowest BCUT2D eigenvalue weighted by atomic mass is 9.96. The molecular formula is C12H13BrN2O. The second-order valence-electron chi connectivity index (χ2n) is 4.78. The van der Waals surface area contributed by atoms with Crippen LogP contribution in [-0.2, 0) is 0 Å². The molecular weight excluding hydrogens is 268 g/mol. The van der Waals surface area contributed by atoms with Crippen LogP contribution in [0, 0.1) is 5.41 Å². The van der Waals surface area contributed by atoms with E-state index in [-0.39, 0.29) is 5.91 Å². The number of nitrogens with zero attached hydrogens (tertiary/aromatic N) is 2. The van der Waals surface area contributed by atoms with E-state index in [0.717, 1.165) is 15.4 Å². The molecule has 2 rings (SSSR count). The fraction of sp³-hybridized carbons (Fsp3) is 0.333. The molecule has 0 aliphatic carbocycles. The Morgan fingerprint density at radius 3 is 2.69 bits per heavy atom. The molecule has 0 atom stereocenters. The highest BCUT2D eigenvalue weighted by atomic mass is 79.9. The molecule has 84 valence electrons. The Morgan fingerprint density at radius 1 is 1.38 bits per heavy atom. The zero-order valence-corrected chi connectivity index (χ0v) is 11.1. The Bertz CT molecular complexity index is 552. The first kappa shape index (κ1) is 11.3. The monoisotopic (exact) mass is 280 g/mol. The molecule has 1 aromatic heterocycles. The molecule has 0 amide bonds. The number of hydrogen-bond donors (Lipinski definition) is 0. The number of fused-ring (bicyclic) bond motifs is 1. The van der Waals surface area contributed by atoms with Crippen LogP contribution in [0.3, 0.4) is 0 Å². The predicted molar refractivity (Wildman–Crippen MR) is 67.5 cm³/mol. The quantitative estimate of drug-likeness (QED) is 0.741. The smallest absolute Gasteiger partial charge is 0.252 e. The van der Waals surface area contributed by atoms with Crippen molar-refractivity contribution in [3.63, 3.8) is 0 Å². The first-order valence-corrected chi connectivity index (χ1v) is 5.87. The van der Waals surface area contributed by atoms with Gasteiger partial charge in [-0.25, -0.2) is 0 Å². The van der Waals surface area contributed by atoms with Crippen LogP contribution >= 0.6 is 15.9 Å². The Hall–Kier alpha value is -1.16. The highest BCUT2D eigenvalue weighted by Crippen LogP contribution is 2.25. The molecule has 4 heteroatoms. The van der Waals surface area contributed by atoms with Crippen molar-refractivity contribution in [3.8, 4) is 0 Å². The summed E-state index contributed by atoms with van der Waals surface area (Å²) in [6.45, 7) is 5.67. The topological polar surface area (TPSA) is 34.9 Å². The van der Waals surface area contributed by atoms with Crippen LogP contribution in [0.2, 0.25) is 0 Å². The zero-order chi connectivity index (χ0) is 11.9. The molecule has 0 unspecified atom stereocenters. The van der Waals surface area contributed by atoms with Gasteiger partial charge in [-0.1, -0.05) is 42.8 Å². The van der Waals surface area contributed by atoms with Crippen molar-refractivity contribution in [3.05, 3.63) is 28.9 Å². The number of benzene rings is 1. The number of halogens is 1. The van der Waals surface area contributed by atoms with Crippen LogP contribution < -0.4 is 0 Å². The molecule has 2 aromatic rings. The lowest BCUT2D eigenvalue weighted by Crippen LogP contribution is -2.27. The number of rotatable bonds is 0. The van der Waals surface area contributed by atoms with E-state index in [1.807, 2.05) is 39.0 Å². The Labute approximate surface area is 103 Å². The first-order valence-electron chi connectivity index (χ1n) is 5.08. The van der Waals surface area contributed by atoms with Crippen molar-refractivity contribution in [2.75, 3.05) is 0 Å². The molecule has 0 fully saturated rings. The SMILES string of the molecule is CC(C)(C)C(=O)n1ncc2c(Br)cccc21. The van der Waals surface area contributed by atoms with Gasteiger partial charge in [0.2, 0.25) is 0 Å². The van der Waals surface area contributed by atoms with Gasteiger partial charge in [0.1, 0.15) is 0 Å². The average Bonchev–Trinajstić information content (AvgIpc) is 2.60. The summed E-state index contributed by atoms with van der Waals surface area (Å²) in [4.78, 5) is 12.1. The predicted octanol–water partition coefficient (Wildman–Crippen LogP) is 3.49. The maximum Gasteiger partial charge on any atom is 0.252 e. The van der Waals surface area contributed by atoms with Crippen LogP contribution in [0.5, 0.6) is 0 Å². The van der Waals surface area contributed by atoms with E-state index >= 15 is 0 Å². The van der Waals surface area contributed by atoms with E-state index in [1.165, 1.54) is 4.68 Å². The highest BCUT2D eigenvalue weighted by Gasteiger charge is 2.25. The summed E-state index contributed by atoms with van der Waals surface area (Å²) in [6, 6.07) is 5.74. The van der Waals surface area contributed by atoms with Crippen molar-refractivity contribution in [1.82, 2.24) is 9.78 Å². The normalized spacial score (nSPS) is 12.0. The van der Waals surface area contributed by atoms with Crippen LogP contribution in [0.15, 0.2) is 28.9 Å². The third-order valence-electron chi connectivity index (χ3n) is 2.39. The van der Waals surface area contributed by atoms with Crippen LogP contribution in [0.1, 0.15) is 25.6 Å². The lowest BCUT2D eigenvalue weighted by Gasteiger charge is -2.16. The van der Waals surface area contributed by atoms with Gasteiger partial charge in [-0.2, -0.15) is 9.78 Å². The maximum atomic E-state index is 12.1. The third kappa shape index (κ3) is 1.78. The molecule has 0 aliphatic rings. The van der Waals surface area contributed by atoms with Gasteiger partial charge in [0.15, 0.2) is 0 Å². The third-order valence-corrected chi connectivity index (χ3v) is 3.09. The highest BCUT2D eigenvalue weighted by molar-refractivity contribution is 9.10. The molecule has 3 nitrogen and oxygen atoms in total. The van der Waals surface area contributed by atoms with Gasteiger partial charge < -0.3 is 0 Å². The molecule has 16 heavy (non-hydrogen) atoms. The lowest BCUT2D eigenvalue weighted by molar-refractivity contribution is 0.0755. The Morgan fingerprint density at radius 2 is 2.06 bits per heavy atom. The molecule has 0 spiro atoms. The van der Waals surface area contributed by atoms with Crippen LogP contribution in [0.25, 0.3) is 10.9 Å². The number of carbonyl (C=O) groups excluding carboxylic acids is 1. The molecule has 1 heterocycles. The second kappa shape index (κ2) is 3.70. The van der Waals surface area contributed by atoms with E-state index in [2.05, 4.69) is 21.0 Å². The minimum atomic E-state index is -0.429. The van der Waals surface area contributed by atoms with E-state index in [4.69, 9.17) is 0 Å². The van der Waals surface area contributed by atoms with E-state index in [1.54, 1.807) is 6.20 Å². The largest absolute Gasteiger partial charge is 0.272 e. The summed E-state index contributed by atoms with van der Waals surface area (Å²) < 4.78 is 2.43. The van der Waals surface area contributed by atoms with Crippen molar-refractivity contribution in [2.24, 2.45) is 5.41 Å². The number of carbonyl (C=O) groups is 1.